The fourth-order valence-electron chi connectivity index (χ4n) is 1.12. The molecule has 1 aliphatic heterocycles. The molecular weight excluding hydrogens is 196 g/mol. The molecule has 0 spiro atoms. The molecule has 0 bridgehead atoms. The fraction of sp³-hybridized carbons (Fsp3) is 0.364. The molecule has 0 aromatic carbocycles. The molecule has 1 aliphatic rings. The summed E-state index contributed by atoms with van der Waals surface area (Å²) < 4.78 is -0.574. The van der Waals surface area contributed by atoms with Crippen molar-refractivity contribution in [3.05, 3.63) is 36.1 Å². The Hall–Kier alpha value is -0.960. The Morgan fingerprint density at radius 1 is 1.57 bits per heavy atom. The van der Waals surface area contributed by atoms with Gasteiger partial charge in [0, 0.05) is 6.08 Å². The van der Waals surface area contributed by atoms with Gasteiger partial charge in [0.25, 0.3) is 0 Å². The van der Waals surface area contributed by atoms with E-state index in [-0.39, 0.29) is 10.9 Å². The topological polar surface area (TPSA) is 37.3 Å². The van der Waals surface area contributed by atoms with Crippen molar-refractivity contribution < 1.29 is 9.90 Å². The standard InChI is InChI=1S/C11H14O2S/c1-3-4-5-6-7-11(2)9(12)8-10(13)14-11/h4-8,12H,3H2,1-2H3/b5-4+,7-6+. The Morgan fingerprint density at radius 3 is 2.79 bits per heavy atom. The minimum absolute atomic E-state index is 0.0888. The highest BCUT2D eigenvalue weighted by atomic mass is 32.2. The van der Waals surface area contributed by atoms with Crippen molar-refractivity contribution in [1.82, 2.24) is 0 Å². The van der Waals surface area contributed by atoms with Crippen LogP contribution >= 0.6 is 11.8 Å². The number of carbonyl (C=O) groups excluding carboxylic acids is 1. The second-order valence-electron chi connectivity index (χ2n) is 3.25. The van der Waals surface area contributed by atoms with Crippen LogP contribution in [-0.2, 0) is 4.79 Å². The van der Waals surface area contributed by atoms with Gasteiger partial charge in [-0.15, -0.1) is 0 Å². The van der Waals surface area contributed by atoms with Crippen LogP contribution < -0.4 is 0 Å². The predicted molar refractivity (Wildman–Crippen MR) is 60.3 cm³/mol. The zero-order chi connectivity index (χ0) is 10.6. The van der Waals surface area contributed by atoms with Crippen LogP contribution in [0.2, 0.25) is 0 Å². The number of allylic oxidation sites excluding steroid dienone is 3. The highest BCUT2D eigenvalue weighted by molar-refractivity contribution is 8.15. The van der Waals surface area contributed by atoms with Crippen molar-refractivity contribution in [3.8, 4) is 0 Å². The smallest absolute Gasteiger partial charge is 0.216 e. The van der Waals surface area contributed by atoms with Gasteiger partial charge in [0.05, 0.1) is 4.75 Å². The van der Waals surface area contributed by atoms with Crippen LogP contribution in [0.5, 0.6) is 0 Å². The van der Waals surface area contributed by atoms with Gasteiger partial charge >= 0.3 is 0 Å². The maximum absolute atomic E-state index is 11.0. The summed E-state index contributed by atoms with van der Waals surface area (Å²) in [4.78, 5) is 11.0. The lowest BCUT2D eigenvalue weighted by molar-refractivity contribution is -0.106. The number of aliphatic hydroxyl groups is 1. The molecule has 1 N–H and O–H groups in total. The molecule has 0 saturated carbocycles. The Bertz CT molecular complexity index is 315. The van der Waals surface area contributed by atoms with E-state index in [1.54, 1.807) is 0 Å². The van der Waals surface area contributed by atoms with E-state index in [1.165, 1.54) is 6.08 Å². The minimum atomic E-state index is -0.574. The average Bonchev–Trinajstić information content (AvgIpc) is 2.36. The molecule has 2 nitrogen and oxygen atoms in total. The third kappa shape index (κ3) is 2.51. The lowest BCUT2D eigenvalue weighted by Gasteiger charge is -2.16. The molecule has 1 unspecified atom stereocenters. The molecule has 0 saturated heterocycles. The average molecular weight is 210 g/mol. The van der Waals surface area contributed by atoms with Crippen molar-refractivity contribution in [2.24, 2.45) is 0 Å². The van der Waals surface area contributed by atoms with Gasteiger partial charge in [-0.05, 0) is 13.3 Å². The number of rotatable bonds is 3. The Kier molecular flexibility index (Phi) is 3.58. The summed E-state index contributed by atoms with van der Waals surface area (Å²) >= 11 is 1.13. The van der Waals surface area contributed by atoms with E-state index in [1.807, 2.05) is 31.2 Å². The van der Waals surface area contributed by atoms with Crippen molar-refractivity contribution >= 4 is 16.9 Å². The molecule has 0 amide bonds. The van der Waals surface area contributed by atoms with Crippen LogP contribution in [0.1, 0.15) is 20.3 Å². The summed E-state index contributed by atoms with van der Waals surface area (Å²) in [5, 5.41) is 9.43. The van der Waals surface area contributed by atoms with Crippen molar-refractivity contribution in [1.29, 1.82) is 0 Å². The van der Waals surface area contributed by atoms with E-state index >= 15 is 0 Å². The first-order valence-corrected chi connectivity index (χ1v) is 5.38. The van der Waals surface area contributed by atoms with E-state index in [2.05, 4.69) is 6.92 Å². The normalized spacial score (nSPS) is 27.9. The molecular formula is C11H14O2S. The van der Waals surface area contributed by atoms with Crippen molar-refractivity contribution in [2.75, 3.05) is 0 Å². The molecule has 0 radical (unpaired) electrons. The van der Waals surface area contributed by atoms with Gasteiger partial charge in [0.1, 0.15) is 5.76 Å². The summed E-state index contributed by atoms with van der Waals surface area (Å²) in [6.07, 6.45) is 9.89. The second kappa shape index (κ2) is 4.51. The Labute approximate surface area is 88.4 Å². The van der Waals surface area contributed by atoms with Gasteiger partial charge in [-0.3, -0.25) is 4.79 Å². The van der Waals surface area contributed by atoms with E-state index in [9.17, 15) is 9.90 Å². The highest BCUT2D eigenvalue weighted by Crippen LogP contribution is 2.39. The highest BCUT2D eigenvalue weighted by Gasteiger charge is 2.35. The summed E-state index contributed by atoms with van der Waals surface area (Å²) in [5.41, 5.74) is 0. The first-order valence-electron chi connectivity index (χ1n) is 4.57. The molecule has 76 valence electrons. The molecule has 0 aromatic heterocycles. The van der Waals surface area contributed by atoms with Gasteiger partial charge in [0.2, 0.25) is 5.12 Å². The number of hydrogen-bond donors (Lipinski definition) is 1. The third-order valence-electron chi connectivity index (χ3n) is 1.97. The summed E-state index contributed by atoms with van der Waals surface area (Å²) in [5.74, 6) is 0.133. The Balaban J connectivity index is 2.69. The first kappa shape index (κ1) is 11.1. The van der Waals surface area contributed by atoms with Crippen LogP contribution in [0.25, 0.3) is 0 Å². The van der Waals surface area contributed by atoms with Crippen molar-refractivity contribution in [3.63, 3.8) is 0 Å². The van der Waals surface area contributed by atoms with Gasteiger partial charge in [0.15, 0.2) is 0 Å². The van der Waals surface area contributed by atoms with Crippen LogP contribution in [0.4, 0.5) is 0 Å². The molecule has 1 rings (SSSR count). The molecule has 14 heavy (non-hydrogen) atoms. The third-order valence-corrected chi connectivity index (χ3v) is 3.06. The Morgan fingerprint density at radius 2 is 2.29 bits per heavy atom. The number of aliphatic hydroxyl groups excluding tert-OH is 1. The van der Waals surface area contributed by atoms with Gasteiger partial charge in [-0.1, -0.05) is 43.0 Å². The monoisotopic (exact) mass is 210 g/mol. The molecule has 1 atom stereocenters. The SMILES string of the molecule is CC/C=C/C=C/C1(C)SC(=O)C=C1O. The van der Waals surface area contributed by atoms with Gasteiger partial charge in [-0.25, -0.2) is 0 Å². The van der Waals surface area contributed by atoms with E-state index in [0.717, 1.165) is 18.2 Å². The molecule has 0 aliphatic carbocycles. The number of carbonyl (C=O) groups is 1. The summed E-state index contributed by atoms with van der Waals surface area (Å²) in [6.45, 7) is 3.88. The van der Waals surface area contributed by atoms with Gasteiger partial charge in [-0.2, -0.15) is 0 Å². The quantitative estimate of drug-likeness (QED) is 0.728. The van der Waals surface area contributed by atoms with E-state index in [0.29, 0.717) is 0 Å². The molecule has 0 fully saturated rings. The lowest BCUT2D eigenvalue weighted by atomic mass is 10.1. The fourth-order valence-corrected chi connectivity index (χ4v) is 2.02. The predicted octanol–water partition coefficient (Wildman–Crippen LogP) is 2.98. The largest absolute Gasteiger partial charge is 0.510 e. The maximum Gasteiger partial charge on any atom is 0.216 e. The minimum Gasteiger partial charge on any atom is -0.510 e. The maximum atomic E-state index is 11.0. The van der Waals surface area contributed by atoms with Gasteiger partial charge < -0.3 is 5.11 Å². The van der Waals surface area contributed by atoms with Crippen LogP contribution in [0, 0.1) is 0 Å². The van der Waals surface area contributed by atoms with E-state index < -0.39 is 4.75 Å². The zero-order valence-corrected chi connectivity index (χ0v) is 9.17. The van der Waals surface area contributed by atoms with Crippen LogP contribution in [0.15, 0.2) is 36.1 Å². The van der Waals surface area contributed by atoms with Crippen LogP contribution in [0.3, 0.4) is 0 Å². The van der Waals surface area contributed by atoms with Crippen LogP contribution in [-0.4, -0.2) is 15.0 Å². The van der Waals surface area contributed by atoms with Crippen molar-refractivity contribution in [2.45, 2.75) is 25.0 Å². The molecule has 0 aromatic rings. The second-order valence-corrected chi connectivity index (χ2v) is 4.71. The lowest BCUT2D eigenvalue weighted by Crippen LogP contribution is -2.16. The number of hydrogen-bond acceptors (Lipinski definition) is 3. The zero-order valence-electron chi connectivity index (χ0n) is 8.36. The summed E-state index contributed by atoms with van der Waals surface area (Å²) in [6, 6.07) is 0. The summed E-state index contributed by atoms with van der Waals surface area (Å²) in [7, 11) is 0. The number of thioether (sulfide) groups is 1. The first-order chi connectivity index (χ1) is 6.58. The molecule has 3 heteroatoms. The van der Waals surface area contributed by atoms with E-state index in [4.69, 9.17) is 0 Å². The molecule has 1 heterocycles.